The first-order chi connectivity index (χ1) is 28.5. The lowest BCUT2D eigenvalue weighted by Gasteiger charge is -2.43. The highest BCUT2D eigenvalue weighted by Crippen LogP contribution is 2.51. The molecule has 2 aliphatic heterocycles. The maximum atomic E-state index is 7.13. The van der Waals surface area contributed by atoms with Gasteiger partial charge in [-0.3, -0.25) is 0 Å². The molecular weight excluding hydrogens is 727 g/mol. The van der Waals surface area contributed by atoms with E-state index in [9.17, 15) is 0 Å². The van der Waals surface area contributed by atoms with E-state index in [1.807, 2.05) is 0 Å². The van der Waals surface area contributed by atoms with Gasteiger partial charge >= 0.3 is 0 Å². The van der Waals surface area contributed by atoms with Gasteiger partial charge in [0.2, 0.25) is 0 Å². The molecule has 10 rings (SSSR count). The summed E-state index contributed by atoms with van der Waals surface area (Å²) < 4.78 is 7.13. The SMILES string of the molecule is CC(C)(C)c1ccc(N2c3ccc(C(C)(C)C)cc3B3c4ccccc4Oc4cc(N(c5ccc6c(c5)C(C)(C)CCC6(C)C)c5cccc6ccccc56)cc2c43)cc1. The summed E-state index contributed by atoms with van der Waals surface area (Å²) in [6.45, 7) is 23.5. The number of para-hydroxylation sites is 1. The molecule has 0 aromatic heterocycles. The highest BCUT2D eigenvalue weighted by molar-refractivity contribution is 6.99. The van der Waals surface area contributed by atoms with E-state index < -0.39 is 0 Å². The molecule has 0 amide bonds. The lowest BCUT2D eigenvalue weighted by Crippen LogP contribution is -2.59. The molecule has 3 aliphatic rings. The van der Waals surface area contributed by atoms with E-state index in [4.69, 9.17) is 4.74 Å². The third kappa shape index (κ3) is 6.17. The quantitative estimate of drug-likeness (QED) is 0.165. The van der Waals surface area contributed by atoms with Gasteiger partial charge in [-0.2, -0.15) is 0 Å². The van der Waals surface area contributed by atoms with Gasteiger partial charge in [-0.05, 0) is 127 Å². The molecule has 0 atom stereocenters. The van der Waals surface area contributed by atoms with Gasteiger partial charge in [-0.1, -0.05) is 154 Å². The fraction of sp³-hybridized carbons (Fsp3) is 0.286. The van der Waals surface area contributed by atoms with E-state index in [0.717, 1.165) is 46.4 Å². The molecule has 0 fully saturated rings. The van der Waals surface area contributed by atoms with Crippen molar-refractivity contribution >= 4 is 68.0 Å². The topological polar surface area (TPSA) is 15.7 Å². The summed E-state index contributed by atoms with van der Waals surface area (Å²) in [5, 5.41) is 2.43. The first-order valence-electron chi connectivity index (χ1n) is 21.9. The molecule has 0 N–H and O–H groups in total. The fourth-order valence-electron chi connectivity index (χ4n) is 10.2. The van der Waals surface area contributed by atoms with Crippen LogP contribution in [0.1, 0.15) is 104 Å². The average Bonchev–Trinajstić information content (AvgIpc) is 3.22. The highest BCUT2D eigenvalue weighted by Gasteiger charge is 2.43. The summed E-state index contributed by atoms with van der Waals surface area (Å²) in [4.78, 5) is 5.00. The summed E-state index contributed by atoms with van der Waals surface area (Å²) in [5.41, 5.74) is 16.3. The summed E-state index contributed by atoms with van der Waals surface area (Å²) in [6.07, 6.45) is 2.33. The van der Waals surface area contributed by atoms with Crippen molar-refractivity contribution in [3.63, 3.8) is 0 Å². The molecule has 7 aromatic rings. The number of hydrogen-bond donors (Lipinski definition) is 0. The first kappa shape index (κ1) is 38.5. The standard InChI is InChI=1S/C56H57BN2O/c1-53(2,3)37-22-25-39(26-23-37)59-48-29-24-38(54(4,5)6)32-46(48)57-45-19-13-14-21-50(45)60-51-35-41(34-49(59)52(51)57)58(47-20-15-17-36-16-11-12-18-42(36)47)40-27-28-43-44(33-40)56(9,10)31-30-55(43,7)8/h11-29,32-35H,30-31H2,1-10H3. The van der Waals surface area contributed by atoms with Crippen molar-refractivity contribution in [2.24, 2.45) is 0 Å². The van der Waals surface area contributed by atoms with Crippen molar-refractivity contribution in [3.05, 3.63) is 162 Å². The van der Waals surface area contributed by atoms with E-state index >= 15 is 0 Å². The van der Waals surface area contributed by atoms with Crippen LogP contribution < -0.4 is 30.9 Å². The number of anilines is 6. The van der Waals surface area contributed by atoms with E-state index in [-0.39, 0.29) is 28.4 Å². The van der Waals surface area contributed by atoms with Crippen molar-refractivity contribution in [1.29, 1.82) is 0 Å². The third-order valence-corrected chi connectivity index (χ3v) is 13.9. The summed E-state index contributed by atoms with van der Waals surface area (Å²) >= 11 is 0. The molecule has 0 unspecified atom stereocenters. The number of hydrogen-bond acceptors (Lipinski definition) is 3. The Morgan fingerprint density at radius 2 is 1.22 bits per heavy atom. The molecular formula is C56H57BN2O. The van der Waals surface area contributed by atoms with Crippen LogP contribution in [-0.2, 0) is 21.7 Å². The van der Waals surface area contributed by atoms with Crippen LogP contribution in [0.2, 0.25) is 0 Å². The van der Waals surface area contributed by atoms with Crippen LogP contribution in [0.15, 0.2) is 140 Å². The number of benzene rings is 7. The Labute approximate surface area is 358 Å². The van der Waals surface area contributed by atoms with E-state index in [0.29, 0.717) is 0 Å². The largest absolute Gasteiger partial charge is 0.458 e. The van der Waals surface area contributed by atoms with Crippen LogP contribution >= 0.6 is 0 Å². The van der Waals surface area contributed by atoms with Crippen molar-refractivity contribution in [2.45, 2.75) is 104 Å². The second-order valence-electron chi connectivity index (χ2n) is 20.9. The summed E-state index contributed by atoms with van der Waals surface area (Å²) in [6, 6.07) is 52.6. The number of fused-ring (bicyclic) bond motifs is 6. The van der Waals surface area contributed by atoms with Gasteiger partial charge in [-0.25, -0.2) is 0 Å². The molecule has 0 spiro atoms. The Bertz CT molecular complexity index is 2830. The van der Waals surface area contributed by atoms with Crippen molar-refractivity contribution in [2.75, 3.05) is 9.80 Å². The Kier molecular flexibility index (Phi) is 8.58. The van der Waals surface area contributed by atoms with Crippen molar-refractivity contribution in [3.8, 4) is 11.5 Å². The highest BCUT2D eigenvalue weighted by atomic mass is 16.5. The third-order valence-electron chi connectivity index (χ3n) is 13.9. The Hall–Kier alpha value is -5.74. The molecule has 0 bridgehead atoms. The van der Waals surface area contributed by atoms with Crippen LogP contribution in [0.25, 0.3) is 10.8 Å². The maximum absolute atomic E-state index is 7.13. The molecule has 1 aliphatic carbocycles. The summed E-state index contributed by atoms with van der Waals surface area (Å²) in [5.74, 6) is 1.82. The molecule has 3 nitrogen and oxygen atoms in total. The maximum Gasteiger partial charge on any atom is 0.256 e. The van der Waals surface area contributed by atoms with Gasteiger partial charge in [-0.15, -0.1) is 0 Å². The molecule has 0 saturated heterocycles. The average molecular weight is 785 g/mol. The van der Waals surface area contributed by atoms with Crippen LogP contribution in [0.3, 0.4) is 0 Å². The molecule has 0 radical (unpaired) electrons. The normalized spacial score (nSPS) is 16.0. The molecule has 0 saturated carbocycles. The first-order valence-corrected chi connectivity index (χ1v) is 21.9. The van der Waals surface area contributed by atoms with E-state index in [2.05, 4.69) is 219 Å². The van der Waals surface area contributed by atoms with E-state index in [1.54, 1.807) is 0 Å². The number of rotatable bonds is 4. The Morgan fingerprint density at radius 1 is 0.550 bits per heavy atom. The number of nitrogens with zero attached hydrogens (tertiary/aromatic N) is 2. The zero-order chi connectivity index (χ0) is 41.9. The second-order valence-corrected chi connectivity index (χ2v) is 20.9. The molecule has 4 heteroatoms. The second kappa shape index (κ2) is 13.4. The molecule has 7 aromatic carbocycles. The molecule has 300 valence electrons. The zero-order valence-electron chi connectivity index (χ0n) is 37.1. The Morgan fingerprint density at radius 3 is 1.97 bits per heavy atom. The van der Waals surface area contributed by atoms with Crippen molar-refractivity contribution < 1.29 is 4.74 Å². The summed E-state index contributed by atoms with van der Waals surface area (Å²) in [7, 11) is 0. The predicted molar refractivity (Wildman–Crippen MR) is 257 cm³/mol. The molecule has 60 heavy (non-hydrogen) atoms. The van der Waals surface area contributed by atoms with Gasteiger partial charge in [0.25, 0.3) is 6.71 Å². The zero-order valence-corrected chi connectivity index (χ0v) is 37.1. The monoisotopic (exact) mass is 784 g/mol. The van der Waals surface area contributed by atoms with Gasteiger partial charge < -0.3 is 14.5 Å². The van der Waals surface area contributed by atoms with Crippen LogP contribution in [-0.4, -0.2) is 6.71 Å². The van der Waals surface area contributed by atoms with Gasteiger partial charge in [0.15, 0.2) is 0 Å². The van der Waals surface area contributed by atoms with Crippen LogP contribution in [0.5, 0.6) is 11.5 Å². The molecule has 2 heterocycles. The predicted octanol–water partition coefficient (Wildman–Crippen LogP) is 13.7. The van der Waals surface area contributed by atoms with Gasteiger partial charge in [0.05, 0.1) is 11.4 Å². The lowest BCUT2D eigenvalue weighted by molar-refractivity contribution is 0.332. The minimum Gasteiger partial charge on any atom is -0.458 e. The smallest absolute Gasteiger partial charge is 0.256 e. The fourth-order valence-corrected chi connectivity index (χ4v) is 10.2. The van der Waals surface area contributed by atoms with Gasteiger partial charge in [0.1, 0.15) is 11.5 Å². The van der Waals surface area contributed by atoms with E-state index in [1.165, 1.54) is 61.5 Å². The van der Waals surface area contributed by atoms with Crippen LogP contribution in [0, 0.1) is 0 Å². The number of ether oxygens (including phenoxy) is 1. The lowest BCUT2D eigenvalue weighted by atomic mass is 9.34. The van der Waals surface area contributed by atoms with Gasteiger partial charge in [0, 0.05) is 34.2 Å². The minimum absolute atomic E-state index is 0.00850. The minimum atomic E-state index is -0.0104. The Balaban J connectivity index is 1.28. The van der Waals surface area contributed by atoms with Crippen LogP contribution in [0.4, 0.5) is 34.1 Å². The van der Waals surface area contributed by atoms with Crippen molar-refractivity contribution in [1.82, 2.24) is 0 Å².